The van der Waals surface area contributed by atoms with Crippen molar-refractivity contribution in [2.75, 3.05) is 25.2 Å². The van der Waals surface area contributed by atoms with Crippen molar-refractivity contribution in [1.82, 2.24) is 0 Å². The molecule has 0 saturated carbocycles. The maximum Gasteiger partial charge on any atom is 0.292 e. The van der Waals surface area contributed by atoms with Crippen LogP contribution in [0.3, 0.4) is 0 Å². The van der Waals surface area contributed by atoms with Crippen LogP contribution in [0, 0.1) is 10.1 Å². The van der Waals surface area contributed by atoms with Crippen LogP contribution in [-0.2, 0) is 11.3 Å². The summed E-state index contributed by atoms with van der Waals surface area (Å²) >= 11 is 0. The van der Waals surface area contributed by atoms with Gasteiger partial charge in [0.1, 0.15) is 5.69 Å². The Balaban J connectivity index is 3.17. The number of nitro benzene ring substituents is 1. The van der Waals surface area contributed by atoms with Crippen LogP contribution >= 0.6 is 0 Å². The van der Waals surface area contributed by atoms with E-state index in [-0.39, 0.29) is 18.3 Å². The Labute approximate surface area is 112 Å². The lowest BCUT2D eigenvalue weighted by Gasteiger charge is -2.28. The van der Waals surface area contributed by atoms with Crippen LogP contribution in [0.5, 0.6) is 0 Å². The zero-order valence-corrected chi connectivity index (χ0v) is 11.5. The van der Waals surface area contributed by atoms with Gasteiger partial charge in [-0.25, -0.2) is 0 Å². The summed E-state index contributed by atoms with van der Waals surface area (Å²) in [5.41, 5.74) is 1.09. The van der Waals surface area contributed by atoms with Crippen molar-refractivity contribution in [3.05, 3.63) is 33.9 Å². The van der Waals surface area contributed by atoms with Crippen molar-refractivity contribution >= 4 is 11.4 Å². The van der Waals surface area contributed by atoms with Crippen LogP contribution in [0.15, 0.2) is 18.2 Å². The molecule has 0 heterocycles. The monoisotopic (exact) mass is 268 g/mol. The highest BCUT2D eigenvalue weighted by atomic mass is 16.6. The highest BCUT2D eigenvalue weighted by Gasteiger charge is 2.21. The molecule has 19 heavy (non-hydrogen) atoms. The molecule has 1 N–H and O–H groups in total. The predicted octanol–water partition coefficient (Wildman–Crippen LogP) is 1.95. The van der Waals surface area contributed by atoms with Crippen molar-refractivity contribution in [3.8, 4) is 0 Å². The van der Waals surface area contributed by atoms with Crippen molar-refractivity contribution in [1.29, 1.82) is 0 Å². The second kappa shape index (κ2) is 7.06. The number of benzene rings is 1. The molecule has 106 valence electrons. The zero-order chi connectivity index (χ0) is 14.4. The lowest BCUT2D eigenvalue weighted by atomic mass is 10.1. The van der Waals surface area contributed by atoms with E-state index in [0.29, 0.717) is 24.4 Å². The van der Waals surface area contributed by atoms with E-state index in [0.717, 1.165) is 0 Å². The molecule has 1 aromatic carbocycles. The van der Waals surface area contributed by atoms with Crippen LogP contribution < -0.4 is 4.90 Å². The number of nitro groups is 1. The van der Waals surface area contributed by atoms with Gasteiger partial charge >= 0.3 is 0 Å². The molecule has 0 aliphatic rings. The summed E-state index contributed by atoms with van der Waals surface area (Å²) in [4.78, 5) is 12.7. The molecule has 0 aliphatic heterocycles. The molecule has 0 amide bonds. The van der Waals surface area contributed by atoms with E-state index >= 15 is 0 Å². The van der Waals surface area contributed by atoms with Crippen LogP contribution in [0.4, 0.5) is 11.4 Å². The number of rotatable bonds is 7. The number of methoxy groups -OCH3 is 1. The Morgan fingerprint density at radius 2 is 2.16 bits per heavy atom. The molecule has 0 spiro atoms. The summed E-state index contributed by atoms with van der Waals surface area (Å²) < 4.78 is 5.04. The molecule has 0 aliphatic carbocycles. The molecule has 0 bridgehead atoms. The standard InChI is InChI=1S/C13H20N2O4/c1-10(2)14(6-7-19-3)12-5-4-11(9-16)8-13(12)15(17)18/h4-5,8,10,16H,6-7,9H2,1-3H3. The van der Waals surface area contributed by atoms with Gasteiger partial charge in [-0.15, -0.1) is 0 Å². The minimum Gasteiger partial charge on any atom is -0.392 e. The number of anilines is 1. The van der Waals surface area contributed by atoms with Gasteiger partial charge < -0.3 is 14.7 Å². The first kappa shape index (κ1) is 15.4. The van der Waals surface area contributed by atoms with Crippen LogP contribution in [0.1, 0.15) is 19.4 Å². The zero-order valence-electron chi connectivity index (χ0n) is 11.5. The number of aliphatic hydroxyl groups excluding tert-OH is 1. The molecular weight excluding hydrogens is 248 g/mol. The second-order valence-electron chi connectivity index (χ2n) is 4.52. The maximum atomic E-state index is 11.2. The molecule has 6 heteroatoms. The average molecular weight is 268 g/mol. The first-order valence-electron chi connectivity index (χ1n) is 6.15. The van der Waals surface area contributed by atoms with E-state index in [4.69, 9.17) is 9.84 Å². The Morgan fingerprint density at radius 1 is 1.47 bits per heavy atom. The molecule has 0 aromatic heterocycles. The Hall–Kier alpha value is -1.66. The lowest BCUT2D eigenvalue weighted by molar-refractivity contribution is -0.384. The fourth-order valence-corrected chi connectivity index (χ4v) is 1.90. The predicted molar refractivity (Wildman–Crippen MR) is 73.4 cm³/mol. The topological polar surface area (TPSA) is 75.8 Å². The van der Waals surface area contributed by atoms with Gasteiger partial charge in [-0.1, -0.05) is 6.07 Å². The normalized spacial score (nSPS) is 10.8. The molecule has 1 aromatic rings. The average Bonchev–Trinajstić information content (AvgIpc) is 2.38. The van der Waals surface area contributed by atoms with Crippen LogP contribution in [0.2, 0.25) is 0 Å². The highest BCUT2D eigenvalue weighted by Crippen LogP contribution is 2.30. The minimum atomic E-state index is -0.420. The van der Waals surface area contributed by atoms with Gasteiger partial charge in [0.05, 0.1) is 18.1 Å². The van der Waals surface area contributed by atoms with Crippen molar-refractivity contribution in [3.63, 3.8) is 0 Å². The molecule has 0 atom stereocenters. The van der Waals surface area contributed by atoms with Gasteiger partial charge in [0.15, 0.2) is 0 Å². The van der Waals surface area contributed by atoms with Crippen molar-refractivity contribution < 1.29 is 14.8 Å². The molecule has 0 unspecified atom stereocenters. The van der Waals surface area contributed by atoms with Gasteiger partial charge in [-0.3, -0.25) is 10.1 Å². The summed E-state index contributed by atoms with van der Waals surface area (Å²) in [5, 5.41) is 20.2. The second-order valence-corrected chi connectivity index (χ2v) is 4.52. The first-order chi connectivity index (χ1) is 9.01. The molecule has 0 fully saturated rings. The van der Waals surface area contributed by atoms with Crippen molar-refractivity contribution in [2.45, 2.75) is 26.5 Å². The summed E-state index contributed by atoms with van der Waals surface area (Å²) in [6, 6.07) is 4.91. The third-order valence-electron chi connectivity index (χ3n) is 2.89. The van der Waals surface area contributed by atoms with Gasteiger partial charge in [-0.05, 0) is 25.5 Å². The lowest BCUT2D eigenvalue weighted by Crippen LogP contribution is -2.34. The molecule has 1 rings (SSSR count). The molecular formula is C13H20N2O4. The minimum absolute atomic E-state index is 0.0105. The Bertz CT molecular complexity index is 435. The number of aliphatic hydroxyl groups is 1. The Morgan fingerprint density at radius 3 is 2.63 bits per heavy atom. The third-order valence-corrected chi connectivity index (χ3v) is 2.89. The van der Waals surface area contributed by atoms with Crippen LogP contribution in [-0.4, -0.2) is 36.3 Å². The molecule has 0 saturated heterocycles. The number of hydrogen-bond donors (Lipinski definition) is 1. The SMILES string of the molecule is COCCN(c1ccc(CO)cc1[N+](=O)[O-])C(C)C. The van der Waals surface area contributed by atoms with E-state index in [1.54, 1.807) is 19.2 Å². The van der Waals surface area contributed by atoms with E-state index in [2.05, 4.69) is 0 Å². The van der Waals surface area contributed by atoms with E-state index in [1.165, 1.54) is 6.07 Å². The summed E-state index contributed by atoms with van der Waals surface area (Å²) in [6.07, 6.45) is 0. The van der Waals surface area contributed by atoms with Gasteiger partial charge in [0, 0.05) is 25.8 Å². The van der Waals surface area contributed by atoms with Gasteiger partial charge in [-0.2, -0.15) is 0 Å². The van der Waals surface area contributed by atoms with Crippen LogP contribution in [0.25, 0.3) is 0 Å². The number of hydrogen-bond acceptors (Lipinski definition) is 5. The third kappa shape index (κ3) is 3.90. The maximum absolute atomic E-state index is 11.2. The number of nitrogens with zero attached hydrogens (tertiary/aromatic N) is 2. The van der Waals surface area contributed by atoms with Gasteiger partial charge in [0.2, 0.25) is 0 Å². The largest absolute Gasteiger partial charge is 0.392 e. The summed E-state index contributed by atoms with van der Waals surface area (Å²) in [5.74, 6) is 0. The van der Waals surface area contributed by atoms with E-state index in [9.17, 15) is 10.1 Å². The molecule has 6 nitrogen and oxygen atoms in total. The quantitative estimate of drug-likeness (QED) is 0.604. The fraction of sp³-hybridized carbons (Fsp3) is 0.538. The summed E-state index contributed by atoms with van der Waals surface area (Å²) in [7, 11) is 1.60. The first-order valence-corrected chi connectivity index (χ1v) is 6.15. The van der Waals surface area contributed by atoms with E-state index < -0.39 is 4.92 Å². The van der Waals surface area contributed by atoms with Crippen molar-refractivity contribution in [2.24, 2.45) is 0 Å². The number of ether oxygens (including phenoxy) is 1. The summed E-state index contributed by atoms with van der Waals surface area (Å²) in [6.45, 7) is 4.81. The molecule has 0 radical (unpaired) electrons. The van der Waals surface area contributed by atoms with E-state index in [1.807, 2.05) is 18.7 Å². The smallest absolute Gasteiger partial charge is 0.292 e. The Kier molecular flexibility index (Phi) is 5.72. The highest BCUT2D eigenvalue weighted by molar-refractivity contribution is 5.64. The van der Waals surface area contributed by atoms with Gasteiger partial charge in [0.25, 0.3) is 5.69 Å². The fourth-order valence-electron chi connectivity index (χ4n) is 1.90.